The number of hydrogen-bond acceptors (Lipinski definition) is 1. The summed E-state index contributed by atoms with van der Waals surface area (Å²) >= 11 is 5.87. The summed E-state index contributed by atoms with van der Waals surface area (Å²) in [5.41, 5.74) is 6.64. The summed E-state index contributed by atoms with van der Waals surface area (Å²) < 4.78 is 38.0. The smallest absolute Gasteiger partial charge is 0.324 e. The summed E-state index contributed by atoms with van der Waals surface area (Å²) in [6.45, 7) is 0. The molecule has 0 fully saturated rings. The maximum absolute atomic E-state index is 12.7. The van der Waals surface area contributed by atoms with Crippen LogP contribution in [0.25, 0.3) is 0 Å². The van der Waals surface area contributed by atoms with Crippen LogP contribution in [0.5, 0.6) is 0 Å². The van der Waals surface area contributed by atoms with E-state index in [2.05, 4.69) is 0 Å². The molecular weight excluding hydrogens is 287 g/mol. The van der Waals surface area contributed by atoms with Gasteiger partial charge in [0.2, 0.25) is 0 Å². The van der Waals surface area contributed by atoms with Gasteiger partial charge in [0.05, 0.1) is 5.56 Å². The van der Waals surface area contributed by atoms with Crippen molar-refractivity contribution in [2.24, 2.45) is 5.73 Å². The largest absolute Gasteiger partial charge is 0.416 e. The van der Waals surface area contributed by atoms with Gasteiger partial charge in [0, 0.05) is 11.1 Å². The second-order valence-corrected chi connectivity index (χ2v) is 5.00. The Bertz CT molecular complexity index is 596. The van der Waals surface area contributed by atoms with E-state index in [1.807, 2.05) is 6.07 Å². The average molecular weight is 300 g/mol. The van der Waals surface area contributed by atoms with Crippen molar-refractivity contribution in [2.75, 3.05) is 0 Å². The van der Waals surface area contributed by atoms with Crippen molar-refractivity contribution in [1.29, 1.82) is 0 Å². The van der Waals surface area contributed by atoms with Crippen LogP contribution in [-0.4, -0.2) is 0 Å². The molecule has 0 aliphatic heterocycles. The third-order valence-electron chi connectivity index (χ3n) is 2.99. The molecule has 0 aliphatic carbocycles. The van der Waals surface area contributed by atoms with Gasteiger partial charge in [-0.1, -0.05) is 35.9 Å². The number of hydrogen-bond donors (Lipinski definition) is 1. The lowest BCUT2D eigenvalue weighted by Crippen LogP contribution is -2.15. The number of benzene rings is 2. The fraction of sp³-hybridized carbons (Fsp3) is 0.200. The molecule has 0 radical (unpaired) electrons. The molecule has 0 amide bonds. The summed E-state index contributed by atoms with van der Waals surface area (Å²) in [6.07, 6.45) is -3.92. The van der Waals surface area contributed by atoms with Gasteiger partial charge in [-0.25, -0.2) is 0 Å². The molecular formula is C15H13ClF3N. The normalized spacial score (nSPS) is 13.2. The lowest BCUT2D eigenvalue weighted by atomic mass is 9.98. The Hall–Kier alpha value is -1.52. The van der Waals surface area contributed by atoms with Crippen molar-refractivity contribution < 1.29 is 13.2 Å². The number of alkyl halides is 3. The van der Waals surface area contributed by atoms with E-state index in [4.69, 9.17) is 17.3 Å². The van der Waals surface area contributed by atoms with Crippen molar-refractivity contribution in [3.63, 3.8) is 0 Å². The fourth-order valence-electron chi connectivity index (χ4n) is 1.98. The van der Waals surface area contributed by atoms with Crippen LogP contribution in [-0.2, 0) is 12.6 Å². The first-order valence-corrected chi connectivity index (χ1v) is 6.41. The number of nitrogens with two attached hydrogens (primary N) is 1. The van der Waals surface area contributed by atoms with Gasteiger partial charge < -0.3 is 5.73 Å². The quantitative estimate of drug-likeness (QED) is 0.880. The predicted molar refractivity (Wildman–Crippen MR) is 73.5 cm³/mol. The molecule has 20 heavy (non-hydrogen) atoms. The first-order valence-electron chi connectivity index (χ1n) is 6.03. The Labute approximate surface area is 120 Å². The van der Waals surface area contributed by atoms with Crippen molar-refractivity contribution in [3.05, 3.63) is 70.2 Å². The van der Waals surface area contributed by atoms with Crippen molar-refractivity contribution in [3.8, 4) is 0 Å². The topological polar surface area (TPSA) is 26.0 Å². The van der Waals surface area contributed by atoms with Crippen molar-refractivity contribution >= 4 is 11.6 Å². The summed E-state index contributed by atoms with van der Waals surface area (Å²) in [7, 11) is 0. The Kier molecular flexibility index (Phi) is 4.35. The molecule has 5 heteroatoms. The van der Waals surface area contributed by atoms with E-state index in [1.165, 1.54) is 6.07 Å². The van der Waals surface area contributed by atoms with E-state index in [9.17, 15) is 13.2 Å². The molecule has 0 saturated carbocycles. The van der Waals surface area contributed by atoms with E-state index < -0.39 is 17.8 Å². The Morgan fingerprint density at radius 1 is 1.05 bits per heavy atom. The third-order valence-corrected chi connectivity index (χ3v) is 3.22. The Balaban J connectivity index is 2.19. The van der Waals surface area contributed by atoms with Crippen molar-refractivity contribution in [1.82, 2.24) is 0 Å². The maximum atomic E-state index is 12.7. The highest BCUT2D eigenvalue weighted by Crippen LogP contribution is 2.31. The molecule has 1 nitrogen and oxygen atoms in total. The fourth-order valence-corrected chi connectivity index (χ4v) is 2.19. The monoisotopic (exact) mass is 299 g/mol. The number of halogens is 4. The lowest BCUT2D eigenvalue weighted by molar-refractivity contribution is -0.137. The molecule has 2 aromatic carbocycles. The van der Waals surface area contributed by atoms with Gasteiger partial charge in [-0.3, -0.25) is 0 Å². The second-order valence-electron chi connectivity index (χ2n) is 4.56. The van der Waals surface area contributed by atoms with Gasteiger partial charge >= 0.3 is 6.18 Å². The second kappa shape index (κ2) is 5.85. The molecule has 106 valence electrons. The lowest BCUT2D eigenvalue weighted by Gasteiger charge is -2.15. The molecule has 0 spiro atoms. The average Bonchev–Trinajstić information content (AvgIpc) is 2.38. The zero-order chi connectivity index (χ0) is 14.8. The van der Waals surface area contributed by atoms with E-state index in [1.54, 1.807) is 24.3 Å². The Morgan fingerprint density at radius 3 is 2.40 bits per heavy atom. The molecule has 0 aromatic heterocycles. The molecule has 1 atom stereocenters. The first kappa shape index (κ1) is 14.9. The zero-order valence-electron chi connectivity index (χ0n) is 10.5. The zero-order valence-corrected chi connectivity index (χ0v) is 11.2. The maximum Gasteiger partial charge on any atom is 0.416 e. The van der Waals surface area contributed by atoms with Crippen LogP contribution in [0, 0.1) is 0 Å². The summed E-state index contributed by atoms with van der Waals surface area (Å²) in [5, 5.41) is 0.582. The van der Waals surface area contributed by atoms with Gasteiger partial charge in [-0.2, -0.15) is 13.2 Å². The molecule has 0 saturated heterocycles. The van der Waals surface area contributed by atoms with Gasteiger partial charge in [0.1, 0.15) is 0 Å². The highest BCUT2D eigenvalue weighted by atomic mass is 35.5. The van der Waals surface area contributed by atoms with Crippen LogP contribution in [0.15, 0.2) is 48.5 Å². The van der Waals surface area contributed by atoms with Crippen LogP contribution in [0.3, 0.4) is 0 Å². The van der Waals surface area contributed by atoms with Crippen LogP contribution >= 0.6 is 11.6 Å². The first-order chi connectivity index (χ1) is 9.36. The van der Waals surface area contributed by atoms with Gasteiger partial charge in [-0.05, 0) is 41.8 Å². The van der Waals surface area contributed by atoms with E-state index in [0.29, 0.717) is 17.0 Å². The van der Waals surface area contributed by atoms with Crippen LogP contribution in [0.1, 0.15) is 22.7 Å². The minimum Gasteiger partial charge on any atom is -0.324 e. The molecule has 2 aromatic rings. The van der Waals surface area contributed by atoms with Crippen LogP contribution in [0.4, 0.5) is 13.2 Å². The highest BCUT2D eigenvalue weighted by molar-refractivity contribution is 6.30. The summed E-state index contributed by atoms with van der Waals surface area (Å²) in [6, 6.07) is 11.7. The predicted octanol–water partition coefficient (Wildman–Crippen LogP) is 4.60. The van der Waals surface area contributed by atoms with Crippen LogP contribution in [0.2, 0.25) is 5.02 Å². The van der Waals surface area contributed by atoms with Gasteiger partial charge in [-0.15, -0.1) is 0 Å². The van der Waals surface area contributed by atoms with E-state index in [0.717, 1.165) is 17.7 Å². The molecule has 0 bridgehead atoms. The van der Waals surface area contributed by atoms with E-state index in [-0.39, 0.29) is 0 Å². The third kappa shape index (κ3) is 3.74. The van der Waals surface area contributed by atoms with Gasteiger partial charge in [0.25, 0.3) is 0 Å². The van der Waals surface area contributed by atoms with E-state index >= 15 is 0 Å². The summed E-state index contributed by atoms with van der Waals surface area (Å²) in [5.74, 6) is 0. The molecule has 2 N–H and O–H groups in total. The van der Waals surface area contributed by atoms with Gasteiger partial charge in [0.15, 0.2) is 0 Å². The highest BCUT2D eigenvalue weighted by Gasteiger charge is 2.30. The van der Waals surface area contributed by atoms with Crippen molar-refractivity contribution in [2.45, 2.75) is 18.6 Å². The molecule has 2 rings (SSSR count). The minimum atomic E-state index is -4.36. The standard InChI is InChI=1S/C15H13ClF3N/c16-13-6-1-3-10(7-13)8-14(20)11-4-2-5-12(9-11)15(17,18)19/h1-7,9,14H,8,20H2. The molecule has 1 unspecified atom stereocenters. The van der Waals surface area contributed by atoms with Crippen LogP contribution < -0.4 is 5.73 Å². The Morgan fingerprint density at radius 2 is 1.75 bits per heavy atom. The number of rotatable bonds is 3. The molecule has 0 heterocycles. The SMILES string of the molecule is NC(Cc1cccc(Cl)c1)c1cccc(C(F)(F)F)c1. The molecule has 0 aliphatic rings. The minimum absolute atomic E-state index is 0.432. The summed E-state index contributed by atoms with van der Waals surface area (Å²) in [4.78, 5) is 0.